The molecule has 5 heteroatoms. The van der Waals surface area contributed by atoms with E-state index in [1.54, 1.807) is 0 Å². The zero-order chi connectivity index (χ0) is 11.4. The van der Waals surface area contributed by atoms with E-state index in [1.807, 2.05) is 0 Å². The summed E-state index contributed by atoms with van der Waals surface area (Å²) < 4.78 is 4.86. The van der Waals surface area contributed by atoms with Gasteiger partial charge in [0.1, 0.15) is 0 Å². The van der Waals surface area contributed by atoms with Crippen LogP contribution in [-0.4, -0.2) is 23.5 Å². The van der Waals surface area contributed by atoms with Crippen molar-refractivity contribution in [2.24, 2.45) is 11.5 Å². The summed E-state index contributed by atoms with van der Waals surface area (Å²) in [5.74, 6) is -2.75. The lowest BCUT2D eigenvalue weighted by Gasteiger charge is -2.23. The summed E-state index contributed by atoms with van der Waals surface area (Å²) >= 11 is 0. The molecule has 0 spiro atoms. The minimum absolute atomic E-state index is 0.600. The molecule has 14 heavy (non-hydrogen) atoms. The first-order valence-electron chi connectivity index (χ1n) is 3.90. The van der Waals surface area contributed by atoms with Gasteiger partial charge >= 0.3 is 0 Å². The predicted molar refractivity (Wildman–Crippen MR) is 52.1 cm³/mol. The SMILES string of the molecule is C=CC(=O)C(OC(C)(N)N)C(=O)C=C. The van der Waals surface area contributed by atoms with Gasteiger partial charge in [-0.3, -0.25) is 21.1 Å². The van der Waals surface area contributed by atoms with Gasteiger partial charge in [-0.15, -0.1) is 0 Å². The van der Waals surface area contributed by atoms with Crippen LogP contribution in [0.2, 0.25) is 0 Å². The molecule has 0 fully saturated rings. The molecule has 0 aliphatic rings. The highest BCUT2D eigenvalue weighted by molar-refractivity contribution is 6.13. The fraction of sp³-hybridized carbons (Fsp3) is 0.333. The van der Waals surface area contributed by atoms with Crippen molar-refractivity contribution in [3.05, 3.63) is 25.3 Å². The van der Waals surface area contributed by atoms with Crippen molar-refractivity contribution in [2.45, 2.75) is 18.9 Å². The second-order valence-corrected chi connectivity index (χ2v) is 2.89. The van der Waals surface area contributed by atoms with Crippen molar-refractivity contribution in [2.75, 3.05) is 0 Å². The quantitative estimate of drug-likeness (QED) is 0.340. The summed E-state index contributed by atoms with van der Waals surface area (Å²) in [7, 11) is 0. The molecule has 0 heterocycles. The number of carbonyl (C=O) groups excluding carboxylic acids is 2. The Hall–Kier alpha value is -1.30. The monoisotopic (exact) mass is 198 g/mol. The lowest BCUT2D eigenvalue weighted by molar-refractivity contribution is -0.149. The first kappa shape index (κ1) is 12.7. The fourth-order valence-electron chi connectivity index (χ4n) is 0.724. The molecular formula is C9H14N2O3. The highest BCUT2D eigenvalue weighted by atomic mass is 16.5. The third kappa shape index (κ3) is 4.08. The zero-order valence-corrected chi connectivity index (χ0v) is 8.03. The van der Waals surface area contributed by atoms with Crippen molar-refractivity contribution in [3.8, 4) is 0 Å². The third-order valence-corrected chi connectivity index (χ3v) is 1.29. The van der Waals surface area contributed by atoms with Crippen LogP contribution < -0.4 is 11.5 Å². The molecule has 0 unspecified atom stereocenters. The normalized spacial score (nSPS) is 11.1. The van der Waals surface area contributed by atoms with Crippen LogP contribution in [0, 0.1) is 0 Å². The van der Waals surface area contributed by atoms with Crippen molar-refractivity contribution in [1.82, 2.24) is 0 Å². The number of ether oxygens (including phenoxy) is 1. The molecular weight excluding hydrogens is 184 g/mol. The van der Waals surface area contributed by atoms with Crippen LogP contribution in [-0.2, 0) is 14.3 Å². The first-order chi connectivity index (χ1) is 6.31. The average molecular weight is 198 g/mol. The standard InChI is InChI=1S/C9H14N2O3/c1-4-6(12)8(7(13)5-2)14-9(3,10)11/h4-5,8H,1-2,10-11H2,3H3. The van der Waals surface area contributed by atoms with E-state index in [2.05, 4.69) is 13.2 Å². The molecule has 0 amide bonds. The van der Waals surface area contributed by atoms with Gasteiger partial charge < -0.3 is 4.74 Å². The molecule has 78 valence electrons. The molecule has 0 bridgehead atoms. The Bertz CT molecular complexity index is 246. The van der Waals surface area contributed by atoms with Gasteiger partial charge in [0.15, 0.2) is 23.5 Å². The average Bonchev–Trinajstić information content (AvgIpc) is 2.10. The lowest BCUT2D eigenvalue weighted by Crippen LogP contribution is -2.53. The van der Waals surface area contributed by atoms with Crippen molar-refractivity contribution < 1.29 is 14.3 Å². The molecule has 0 aromatic rings. The molecule has 0 aromatic heterocycles. The molecule has 0 atom stereocenters. The summed E-state index contributed by atoms with van der Waals surface area (Å²) in [6.45, 7) is 7.79. The van der Waals surface area contributed by atoms with Gasteiger partial charge in [-0.1, -0.05) is 13.2 Å². The van der Waals surface area contributed by atoms with Crippen LogP contribution in [0.4, 0.5) is 0 Å². The van der Waals surface area contributed by atoms with Crippen LogP contribution in [0.5, 0.6) is 0 Å². The number of hydrogen-bond acceptors (Lipinski definition) is 5. The van der Waals surface area contributed by atoms with Gasteiger partial charge in [0.25, 0.3) is 0 Å². The van der Waals surface area contributed by atoms with Gasteiger partial charge in [-0.25, -0.2) is 0 Å². The molecule has 5 nitrogen and oxygen atoms in total. The van der Waals surface area contributed by atoms with E-state index in [4.69, 9.17) is 16.2 Å². The smallest absolute Gasteiger partial charge is 0.191 e. The Morgan fingerprint density at radius 2 is 1.64 bits per heavy atom. The van der Waals surface area contributed by atoms with E-state index in [0.29, 0.717) is 0 Å². The molecule has 0 saturated carbocycles. The van der Waals surface area contributed by atoms with Crippen LogP contribution in [0.15, 0.2) is 25.3 Å². The largest absolute Gasteiger partial charge is 0.328 e. The molecule has 0 aliphatic heterocycles. The second kappa shape index (κ2) is 4.80. The van der Waals surface area contributed by atoms with Gasteiger partial charge in [-0.2, -0.15) is 0 Å². The van der Waals surface area contributed by atoms with Crippen molar-refractivity contribution in [3.63, 3.8) is 0 Å². The number of rotatable bonds is 6. The molecule has 0 radical (unpaired) electrons. The third-order valence-electron chi connectivity index (χ3n) is 1.29. The summed E-state index contributed by atoms with van der Waals surface area (Å²) in [6, 6.07) is 0. The molecule has 0 aromatic carbocycles. The highest BCUT2D eigenvalue weighted by Crippen LogP contribution is 2.04. The minimum Gasteiger partial charge on any atom is -0.328 e. The van der Waals surface area contributed by atoms with E-state index in [-0.39, 0.29) is 0 Å². The molecule has 0 aliphatic carbocycles. The fourth-order valence-corrected chi connectivity index (χ4v) is 0.724. The number of hydrogen-bond donors (Lipinski definition) is 2. The Labute approximate surface area is 82.4 Å². The topological polar surface area (TPSA) is 95.4 Å². The minimum atomic E-state index is -1.55. The summed E-state index contributed by atoms with van der Waals surface area (Å²) in [5, 5.41) is 0. The second-order valence-electron chi connectivity index (χ2n) is 2.89. The number of nitrogens with two attached hydrogens (primary N) is 2. The number of ketones is 2. The van der Waals surface area contributed by atoms with Gasteiger partial charge in [-0.05, 0) is 19.1 Å². The first-order valence-corrected chi connectivity index (χ1v) is 3.90. The Balaban J connectivity index is 4.73. The maximum atomic E-state index is 11.2. The maximum Gasteiger partial charge on any atom is 0.191 e. The van der Waals surface area contributed by atoms with Crippen LogP contribution in [0.25, 0.3) is 0 Å². The zero-order valence-electron chi connectivity index (χ0n) is 8.03. The van der Waals surface area contributed by atoms with Crippen LogP contribution >= 0.6 is 0 Å². The van der Waals surface area contributed by atoms with Crippen molar-refractivity contribution in [1.29, 1.82) is 0 Å². The van der Waals surface area contributed by atoms with Crippen LogP contribution in [0.3, 0.4) is 0 Å². The Morgan fingerprint density at radius 3 is 1.86 bits per heavy atom. The van der Waals surface area contributed by atoms with E-state index >= 15 is 0 Å². The summed E-state index contributed by atoms with van der Waals surface area (Å²) in [4.78, 5) is 22.3. The van der Waals surface area contributed by atoms with E-state index < -0.39 is 23.5 Å². The predicted octanol–water partition coefficient (Wildman–Crippen LogP) is -0.527. The molecule has 0 rings (SSSR count). The van der Waals surface area contributed by atoms with Crippen LogP contribution in [0.1, 0.15) is 6.92 Å². The highest BCUT2D eigenvalue weighted by Gasteiger charge is 2.28. The van der Waals surface area contributed by atoms with E-state index in [0.717, 1.165) is 12.2 Å². The molecule has 4 N–H and O–H groups in total. The summed E-state index contributed by atoms with van der Waals surface area (Å²) in [5.41, 5.74) is 10.6. The van der Waals surface area contributed by atoms with Gasteiger partial charge in [0.05, 0.1) is 0 Å². The maximum absolute atomic E-state index is 11.2. The lowest BCUT2D eigenvalue weighted by atomic mass is 10.1. The Morgan fingerprint density at radius 1 is 1.29 bits per heavy atom. The summed E-state index contributed by atoms with van der Waals surface area (Å²) in [6.07, 6.45) is 0.584. The number of carbonyl (C=O) groups is 2. The molecule has 0 saturated heterocycles. The van der Waals surface area contributed by atoms with E-state index in [1.165, 1.54) is 6.92 Å². The van der Waals surface area contributed by atoms with Crippen molar-refractivity contribution >= 4 is 11.6 Å². The van der Waals surface area contributed by atoms with E-state index in [9.17, 15) is 9.59 Å². The Kier molecular flexibility index (Phi) is 4.36. The van der Waals surface area contributed by atoms with Gasteiger partial charge in [0.2, 0.25) is 0 Å². The van der Waals surface area contributed by atoms with Gasteiger partial charge in [0, 0.05) is 0 Å².